The van der Waals surface area contributed by atoms with Crippen LogP contribution in [0.1, 0.15) is 44.6 Å². The van der Waals surface area contributed by atoms with Crippen molar-refractivity contribution < 1.29 is 19.1 Å². The zero-order valence-corrected chi connectivity index (χ0v) is 13.0. The Morgan fingerprint density at radius 3 is 2.24 bits per heavy atom. The molecule has 1 aromatic carbocycles. The minimum atomic E-state index is -0.314. The molecule has 0 unspecified atom stereocenters. The molecule has 0 aliphatic rings. The zero-order valence-electron chi connectivity index (χ0n) is 12.3. The molecule has 0 heterocycles. The molecule has 0 spiro atoms. The molecule has 21 heavy (non-hydrogen) atoms. The molecule has 1 rings (SSSR count). The van der Waals surface area contributed by atoms with E-state index in [9.17, 15) is 9.59 Å². The van der Waals surface area contributed by atoms with Crippen LogP contribution in [-0.2, 0) is 25.7 Å². The van der Waals surface area contributed by atoms with Crippen LogP contribution in [0.15, 0.2) is 24.3 Å². The van der Waals surface area contributed by atoms with E-state index >= 15 is 0 Å². The van der Waals surface area contributed by atoms with E-state index in [0.29, 0.717) is 18.1 Å². The number of carbonyl (C=O) groups excluding carboxylic acids is 2. The Labute approximate surface area is 130 Å². The van der Waals surface area contributed by atoms with E-state index in [0.717, 1.165) is 18.4 Å². The summed E-state index contributed by atoms with van der Waals surface area (Å²) in [7, 11) is 0. The Morgan fingerprint density at radius 2 is 1.62 bits per heavy atom. The van der Waals surface area contributed by atoms with Crippen LogP contribution in [0.5, 0.6) is 0 Å². The van der Waals surface area contributed by atoms with E-state index in [1.807, 2.05) is 6.92 Å². The molecule has 5 heteroatoms. The van der Waals surface area contributed by atoms with Gasteiger partial charge in [0.15, 0.2) is 0 Å². The topological polar surface area (TPSA) is 52.6 Å². The minimum absolute atomic E-state index is 0.219. The van der Waals surface area contributed by atoms with Crippen molar-refractivity contribution in [1.82, 2.24) is 0 Å². The molecule has 0 atom stereocenters. The van der Waals surface area contributed by atoms with Gasteiger partial charge in [0, 0.05) is 17.9 Å². The summed E-state index contributed by atoms with van der Waals surface area (Å²) in [6.45, 7) is 2.71. The van der Waals surface area contributed by atoms with Gasteiger partial charge in [0.25, 0.3) is 0 Å². The second-order valence-electron chi connectivity index (χ2n) is 4.71. The molecule has 0 aliphatic heterocycles. The first-order chi connectivity index (χ1) is 10.1. The SMILES string of the molecule is CCCCOC(=O)CCCC(=O)OCc1ccc(Cl)cc1. The van der Waals surface area contributed by atoms with E-state index in [2.05, 4.69) is 0 Å². The molecule has 4 nitrogen and oxygen atoms in total. The molecular formula is C16H21ClO4. The van der Waals surface area contributed by atoms with Crippen LogP contribution in [0, 0.1) is 0 Å². The van der Waals surface area contributed by atoms with Gasteiger partial charge in [-0.2, -0.15) is 0 Å². The Kier molecular flexibility index (Phi) is 8.51. The summed E-state index contributed by atoms with van der Waals surface area (Å²) < 4.78 is 10.1. The maximum absolute atomic E-state index is 11.5. The molecule has 0 saturated carbocycles. The molecule has 0 N–H and O–H groups in total. The Bertz CT molecular complexity index is 442. The fraction of sp³-hybridized carbons (Fsp3) is 0.500. The Balaban J connectivity index is 2.11. The smallest absolute Gasteiger partial charge is 0.306 e. The molecule has 0 saturated heterocycles. The van der Waals surface area contributed by atoms with Gasteiger partial charge < -0.3 is 9.47 Å². The number of hydrogen-bond acceptors (Lipinski definition) is 4. The average Bonchev–Trinajstić information content (AvgIpc) is 2.47. The summed E-state index contributed by atoms with van der Waals surface area (Å²) in [5, 5.41) is 0.645. The number of benzene rings is 1. The van der Waals surface area contributed by atoms with Gasteiger partial charge in [0.05, 0.1) is 6.61 Å². The first-order valence-corrected chi connectivity index (χ1v) is 7.55. The van der Waals surface area contributed by atoms with Crippen LogP contribution < -0.4 is 0 Å². The van der Waals surface area contributed by atoms with Crippen molar-refractivity contribution in [3.63, 3.8) is 0 Å². The largest absolute Gasteiger partial charge is 0.466 e. The lowest BCUT2D eigenvalue weighted by Gasteiger charge is -2.05. The van der Waals surface area contributed by atoms with E-state index < -0.39 is 0 Å². The van der Waals surface area contributed by atoms with Crippen LogP contribution in [0.3, 0.4) is 0 Å². The highest BCUT2D eigenvalue weighted by molar-refractivity contribution is 6.30. The molecule has 116 valence electrons. The molecule has 0 aliphatic carbocycles. The summed E-state index contributed by atoms with van der Waals surface area (Å²) in [6.07, 6.45) is 2.78. The monoisotopic (exact) mass is 312 g/mol. The van der Waals surface area contributed by atoms with Crippen molar-refractivity contribution >= 4 is 23.5 Å². The molecule has 0 fully saturated rings. The van der Waals surface area contributed by atoms with Crippen LogP contribution in [0.2, 0.25) is 5.02 Å². The summed E-state index contributed by atoms with van der Waals surface area (Å²) in [6, 6.07) is 7.11. The summed E-state index contributed by atoms with van der Waals surface area (Å²) in [5.74, 6) is -0.569. The van der Waals surface area contributed by atoms with Crippen LogP contribution >= 0.6 is 11.6 Å². The number of esters is 2. The molecule has 0 aromatic heterocycles. The van der Waals surface area contributed by atoms with Crippen molar-refractivity contribution in [3.05, 3.63) is 34.9 Å². The van der Waals surface area contributed by atoms with E-state index in [1.54, 1.807) is 24.3 Å². The van der Waals surface area contributed by atoms with Crippen molar-refractivity contribution in [3.8, 4) is 0 Å². The average molecular weight is 313 g/mol. The van der Waals surface area contributed by atoms with Crippen molar-refractivity contribution in [1.29, 1.82) is 0 Å². The van der Waals surface area contributed by atoms with Crippen LogP contribution in [0.25, 0.3) is 0 Å². The van der Waals surface area contributed by atoms with Gasteiger partial charge >= 0.3 is 11.9 Å². The summed E-state index contributed by atoms with van der Waals surface area (Å²) in [5.41, 5.74) is 0.881. The van der Waals surface area contributed by atoms with Crippen LogP contribution in [0.4, 0.5) is 0 Å². The fourth-order valence-electron chi connectivity index (χ4n) is 1.60. The van der Waals surface area contributed by atoms with Crippen molar-refractivity contribution in [2.75, 3.05) is 6.61 Å². The third-order valence-electron chi connectivity index (χ3n) is 2.84. The molecule has 0 bridgehead atoms. The third-order valence-corrected chi connectivity index (χ3v) is 3.09. The molecule has 0 radical (unpaired) electrons. The van der Waals surface area contributed by atoms with Crippen molar-refractivity contribution in [2.24, 2.45) is 0 Å². The van der Waals surface area contributed by atoms with Crippen molar-refractivity contribution in [2.45, 2.75) is 45.6 Å². The Hall–Kier alpha value is -1.55. The lowest BCUT2D eigenvalue weighted by Crippen LogP contribution is -2.08. The van der Waals surface area contributed by atoms with Gasteiger partial charge in [-0.15, -0.1) is 0 Å². The zero-order chi connectivity index (χ0) is 15.5. The van der Waals surface area contributed by atoms with Gasteiger partial charge in [-0.1, -0.05) is 37.1 Å². The maximum Gasteiger partial charge on any atom is 0.306 e. The van der Waals surface area contributed by atoms with Gasteiger partial charge in [-0.25, -0.2) is 0 Å². The third kappa shape index (κ3) is 8.35. The highest BCUT2D eigenvalue weighted by atomic mass is 35.5. The molecule has 1 aromatic rings. The lowest BCUT2D eigenvalue weighted by atomic mass is 10.2. The fourth-order valence-corrected chi connectivity index (χ4v) is 1.72. The number of ether oxygens (including phenoxy) is 2. The number of hydrogen-bond donors (Lipinski definition) is 0. The summed E-state index contributed by atoms with van der Waals surface area (Å²) >= 11 is 5.77. The van der Waals surface area contributed by atoms with Gasteiger partial charge in [-0.3, -0.25) is 9.59 Å². The van der Waals surface area contributed by atoms with E-state index in [-0.39, 0.29) is 31.4 Å². The van der Waals surface area contributed by atoms with E-state index in [1.165, 1.54) is 0 Å². The maximum atomic E-state index is 11.5. The second kappa shape index (κ2) is 10.2. The van der Waals surface area contributed by atoms with Gasteiger partial charge in [0.1, 0.15) is 6.61 Å². The highest BCUT2D eigenvalue weighted by Crippen LogP contribution is 2.11. The predicted molar refractivity (Wildman–Crippen MR) is 81.0 cm³/mol. The normalized spacial score (nSPS) is 10.2. The first-order valence-electron chi connectivity index (χ1n) is 7.17. The quantitative estimate of drug-likeness (QED) is 0.512. The van der Waals surface area contributed by atoms with E-state index in [4.69, 9.17) is 21.1 Å². The highest BCUT2D eigenvalue weighted by Gasteiger charge is 2.07. The molecular weight excluding hydrogens is 292 g/mol. The first kappa shape index (κ1) is 17.5. The number of carbonyl (C=O) groups is 2. The molecule has 0 amide bonds. The van der Waals surface area contributed by atoms with Gasteiger partial charge in [0.2, 0.25) is 0 Å². The van der Waals surface area contributed by atoms with Gasteiger partial charge in [-0.05, 0) is 30.5 Å². The predicted octanol–water partition coefficient (Wildman–Crippen LogP) is 3.90. The number of unbranched alkanes of at least 4 members (excludes halogenated alkanes) is 1. The minimum Gasteiger partial charge on any atom is -0.466 e. The number of halogens is 1. The Morgan fingerprint density at radius 1 is 1.00 bits per heavy atom. The number of rotatable bonds is 9. The standard InChI is InChI=1S/C16H21ClO4/c1-2-3-11-20-15(18)5-4-6-16(19)21-12-13-7-9-14(17)10-8-13/h7-10H,2-6,11-12H2,1H3. The second-order valence-corrected chi connectivity index (χ2v) is 5.15. The van der Waals surface area contributed by atoms with Crippen LogP contribution in [-0.4, -0.2) is 18.5 Å². The summed E-state index contributed by atoms with van der Waals surface area (Å²) in [4.78, 5) is 22.8. The lowest BCUT2D eigenvalue weighted by molar-refractivity contribution is -0.146.